The van der Waals surface area contributed by atoms with Crippen LogP contribution in [-0.2, 0) is 14.3 Å². The van der Waals surface area contributed by atoms with E-state index in [4.69, 9.17) is 9.47 Å². The summed E-state index contributed by atoms with van der Waals surface area (Å²) in [5.74, 6) is 1.46. The minimum atomic E-state index is 0.0542. The Balaban J connectivity index is 1.59. The van der Waals surface area contributed by atoms with E-state index in [0.717, 1.165) is 18.9 Å². The van der Waals surface area contributed by atoms with Crippen molar-refractivity contribution in [2.45, 2.75) is 69.4 Å². The number of esters is 1. The molecule has 8 rings (SSSR count). The van der Waals surface area contributed by atoms with Crippen LogP contribution in [0.2, 0.25) is 0 Å². The molecule has 142 valence electrons. The molecule has 4 spiro atoms. The molecule has 0 aromatic heterocycles. The summed E-state index contributed by atoms with van der Waals surface area (Å²) in [6.45, 7) is 5.92. The zero-order chi connectivity index (χ0) is 17.6. The average Bonchev–Trinajstić information content (AvgIpc) is 3.20. The van der Waals surface area contributed by atoms with Gasteiger partial charge in [0.15, 0.2) is 0 Å². The van der Waals surface area contributed by atoms with Gasteiger partial charge in [-0.25, -0.2) is 0 Å². The number of carbonyl (C=O) groups is 1. The van der Waals surface area contributed by atoms with Crippen molar-refractivity contribution in [2.24, 2.45) is 34.0 Å². The first kappa shape index (κ1) is 15.3. The molecule has 9 atom stereocenters. The fraction of sp³-hybridized carbons (Fsp3) is 0.955. The van der Waals surface area contributed by atoms with Gasteiger partial charge >= 0.3 is 5.97 Å². The third-order valence-electron chi connectivity index (χ3n) is 11.6. The smallest absolute Gasteiger partial charge is 0.308 e. The van der Waals surface area contributed by atoms with Gasteiger partial charge in [-0.3, -0.25) is 9.69 Å². The van der Waals surface area contributed by atoms with E-state index in [9.17, 15) is 4.79 Å². The largest absolute Gasteiger partial charge is 0.469 e. The van der Waals surface area contributed by atoms with Crippen LogP contribution < -0.4 is 0 Å². The third-order valence-corrected chi connectivity index (χ3v) is 11.6. The number of piperidine rings is 1. The molecule has 4 heteroatoms. The van der Waals surface area contributed by atoms with E-state index >= 15 is 0 Å². The first-order chi connectivity index (χ1) is 12.6. The lowest BCUT2D eigenvalue weighted by molar-refractivity contribution is -0.264. The summed E-state index contributed by atoms with van der Waals surface area (Å²) < 4.78 is 12.4. The molecular weight excluding hydrogens is 326 g/mol. The van der Waals surface area contributed by atoms with Gasteiger partial charge in [-0.2, -0.15) is 0 Å². The maximum atomic E-state index is 12.9. The summed E-state index contributed by atoms with van der Waals surface area (Å²) in [6, 6.07) is 0. The van der Waals surface area contributed by atoms with Crippen molar-refractivity contribution in [3.05, 3.63) is 0 Å². The lowest BCUT2D eigenvalue weighted by Crippen LogP contribution is -2.70. The van der Waals surface area contributed by atoms with Crippen LogP contribution in [0.5, 0.6) is 0 Å². The van der Waals surface area contributed by atoms with Gasteiger partial charge in [0.25, 0.3) is 0 Å². The molecule has 4 aliphatic heterocycles. The molecule has 4 saturated carbocycles. The van der Waals surface area contributed by atoms with Crippen molar-refractivity contribution < 1.29 is 14.3 Å². The van der Waals surface area contributed by atoms with Crippen molar-refractivity contribution in [2.75, 3.05) is 26.8 Å². The minimum absolute atomic E-state index is 0.0542. The minimum Gasteiger partial charge on any atom is -0.469 e. The van der Waals surface area contributed by atoms with Crippen molar-refractivity contribution >= 4 is 5.97 Å². The van der Waals surface area contributed by atoms with Crippen LogP contribution in [0.4, 0.5) is 0 Å². The van der Waals surface area contributed by atoms with E-state index in [1.54, 1.807) is 7.11 Å². The van der Waals surface area contributed by atoms with E-state index < -0.39 is 0 Å². The molecular formula is C22H31NO3. The number of fused-ring (bicyclic) bond motifs is 2. The monoisotopic (exact) mass is 357 g/mol. The SMILES string of the molecule is CC[C@]12CC[C@@]34CO[C@@]56CC[C@@H]3CN1C[C@]51[C@H](CC6)[C@H](C(=O)OC)C[C@@]421. The Morgan fingerprint density at radius 2 is 2.08 bits per heavy atom. The van der Waals surface area contributed by atoms with E-state index in [2.05, 4.69) is 11.8 Å². The maximum Gasteiger partial charge on any atom is 0.308 e. The molecule has 8 aliphatic rings. The van der Waals surface area contributed by atoms with Crippen LogP contribution in [0.3, 0.4) is 0 Å². The molecule has 4 aliphatic carbocycles. The molecule has 4 nitrogen and oxygen atoms in total. The predicted octanol–water partition coefficient (Wildman–Crippen LogP) is 3.00. The number of carbonyl (C=O) groups excluding carboxylic acids is 1. The Morgan fingerprint density at radius 3 is 2.88 bits per heavy atom. The fourth-order valence-corrected chi connectivity index (χ4v) is 11.3. The summed E-state index contributed by atoms with van der Waals surface area (Å²) in [7, 11) is 1.60. The van der Waals surface area contributed by atoms with Gasteiger partial charge in [-0.15, -0.1) is 0 Å². The highest BCUT2D eigenvalue weighted by Gasteiger charge is 2.94. The van der Waals surface area contributed by atoms with Crippen LogP contribution >= 0.6 is 0 Å². The number of rotatable bonds is 2. The highest BCUT2D eigenvalue weighted by molar-refractivity contribution is 5.74. The number of hydrogen-bond donors (Lipinski definition) is 0. The molecule has 6 bridgehead atoms. The number of nitrogens with zero attached hydrogens (tertiary/aromatic N) is 1. The van der Waals surface area contributed by atoms with E-state index in [-0.39, 0.29) is 22.9 Å². The van der Waals surface area contributed by atoms with Crippen LogP contribution in [0.25, 0.3) is 0 Å². The average molecular weight is 357 g/mol. The normalized spacial score (nSPS) is 65.5. The predicted molar refractivity (Wildman–Crippen MR) is 95.4 cm³/mol. The van der Waals surface area contributed by atoms with Gasteiger partial charge in [0.05, 0.1) is 25.2 Å². The Labute approximate surface area is 156 Å². The van der Waals surface area contributed by atoms with E-state index in [1.165, 1.54) is 58.0 Å². The number of ether oxygens (including phenoxy) is 2. The maximum absolute atomic E-state index is 12.9. The quantitative estimate of drug-likeness (QED) is 0.712. The van der Waals surface area contributed by atoms with Crippen LogP contribution in [0.1, 0.15) is 58.3 Å². The molecule has 4 saturated heterocycles. The summed E-state index contributed by atoms with van der Waals surface area (Å²) in [4.78, 5) is 15.9. The van der Waals surface area contributed by atoms with Crippen molar-refractivity contribution in [1.82, 2.24) is 4.90 Å². The van der Waals surface area contributed by atoms with Gasteiger partial charge in [-0.05, 0) is 63.2 Å². The highest BCUT2D eigenvalue weighted by Crippen LogP contribution is 2.91. The second-order valence-electron chi connectivity index (χ2n) is 10.8. The second-order valence-corrected chi connectivity index (χ2v) is 10.8. The lowest BCUT2D eigenvalue weighted by Gasteiger charge is -2.65. The fourth-order valence-electron chi connectivity index (χ4n) is 11.3. The molecule has 0 N–H and O–H groups in total. The van der Waals surface area contributed by atoms with E-state index in [0.29, 0.717) is 22.3 Å². The second kappa shape index (κ2) is 4.05. The third kappa shape index (κ3) is 1.04. The summed E-state index contributed by atoms with van der Waals surface area (Å²) in [6.07, 6.45) is 9.98. The summed E-state index contributed by atoms with van der Waals surface area (Å²) in [5, 5.41) is 0. The van der Waals surface area contributed by atoms with Crippen molar-refractivity contribution in [3.8, 4) is 0 Å². The Morgan fingerprint density at radius 1 is 1.23 bits per heavy atom. The molecule has 8 fully saturated rings. The van der Waals surface area contributed by atoms with Crippen molar-refractivity contribution in [1.29, 1.82) is 0 Å². The Hall–Kier alpha value is -0.610. The molecule has 0 aromatic rings. The Kier molecular flexibility index (Phi) is 2.39. The molecule has 0 amide bonds. The molecule has 0 radical (unpaired) electrons. The van der Waals surface area contributed by atoms with Crippen LogP contribution in [-0.4, -0.2) is 48.8 Å². The van der Waals surface area contributed by atoms with Gasteiger partial charge in [-0.1, -0.05) is 6.92 Å². The summed E-state index contributed by atoms with van der Waals surface area (Å²) >= 11 is 0. The number of methoxy groups -OCH3 is 1. The standard InChI is InChI=1S/C22H31NO3/c1-3-19-9-8-18-13-26-20-6-4-14(18)11-23(19)12-21(20)16(5-7-20)15(17(24)25-2)10-22(18,19)21/h14-16H,3-13H2,1-2H3/t14-,15-,16-,18-,19-,20-,21+,22-/m1/s1. The molecule has 26 heavy (non-hydrogen) atoms. The van der Waals surface area contributed by atoms with E-state index in [1.807, 2.05) is 0 Å². The highest BCUT2D eigenvalue weighted by atomic mass is 16.5. The van der Waals surface area contributed by atoms with Crippen LogP contribution in [0, 0.1) is 34.0 Å². The van der Waals surface area contributed by atoms with Crippen molar-refractivity contribution in [3.63, 3.8) is 0 Å². The zero-order valence-electron chi connectivity index (χ0n) is 16.2. The summed E-state index contributed by atoms with van der Waals surface area (Å²) in [5.41, 5.74) is 1.24. The topological polar surface area (TPSA) is 38.8 Å². The number of hydrogen-bond acceptors (Lipinski definition) is 4. The van der Waals surface area contributed by atoms with Crippen LogP contribution in [0.15, 0.2) is 0 Å². The molecule has 1 unspecified atom stereocenters. The van der Waals surface area contributed by atoms with Gasteiger partial charge < -0.3 is 9.47 Å². The van der Waals surface area contributed by atoms with Gasteiger partial charge in [0.2, 0.25) is 0 Å². The lowest BCUT2D eigenvalue weighted by atomic mass is 9.43. The first-order valence-electron chi connectivity index (χ1n) is 11.0. The first-order valence-corrected chi connectivity index (χ1v) is 11.0. The van der Waals surface area contributed by atoms with Gasteiger partial charge in [0.1, 0.15) is 0 Å². The zero-order valence-corrected chi connectivity index (χ0v) is 16.2. The Bertz CT molecular complexity index is 739. The molecule has 0 aromatic carbocycles. The molecule has 4 heterocycles. The van der Waals surface area contributed by atoms with Gasteiger partial charge in [0, 0.05) is 34.9 Å².